The molecule has 4 heterocycles. The number of carbonyl (C=O) groups excluding carboxylic acids is 1. The molecule has 27 heavy (non-hydrogen) atoms. The van der Waals surface area contributed by atoms with Crippen LogP contribution in [-0.2, 0) is 17.9 Å². The smallest absolute Gasteiger partial charge is 0.247 e. The van der Waals surface area contributed by atoms with Gasteiger partial charge in [-0.1, -0.05) is 0 Å². The quantitative estimate of drug-likeness (QED) is 0.569. The lowest BCUT2D eigenvalue weighted by molar-refractivity contribution is -0.116. The highest BCUT2D eigenvalue weighted by molar-refractivity contribution is 5.89. The third-order valence-electron chi connectivity index (χ3n) is 4.04. The zero-order valence-electron chi connectivity index (χ0n) is 14.7. The van der Waals surface area contributed by atoms with Gasteiger partial charge >= 0.3 is 0 Å². The highest BCUT2D eigenvalue weighted by atomic mass is 16.3. The molecule has 0 aliphatic heterocycles. The number of nitrogens with zero attached hydrogens (tertiary/aromatic N) is 5. The largest absolute Gasteiger partial charge is 0.464 e. The van der Waals surface area contributed by atoms with Crippen LogP contribution in [0.5, 0.6) is 0 Å². The summed E-state index contributed by atoms with van der Waals surface area (Å²) >= 11 is 0. The number of rotatable bonds is 6. The van der Waals surface area contributed by atoms with Gasteiger partial charge in [0.05, 0.1) is 12.4 Å². The van der Waals surface area contributed by atoms with Crippen molar-refractivity contribution in [2.24, 2.45) is 0 Å². The molecule has 8 nitrogen and oxygen atoms in total. The van der Waals surface area contributed by atoms with Crippen LogP contribution >= 0.6 is 0 Å². The first kappa shape index (κ1) is 16.8. The molecule has 0 bridgehead atoms. The van der Waals surface area contributed by atoms with Gasteiger partial charge in [0.2, 0.25) is 5.91 Å². The van der Waals surface area contributed by atoms with Crippen LogP contribution < -0.4 is 5.32 Å². The lowest BCUT2D eigenvalue weighted by atomic mass is 10.1. The zero-order valence-corrected chi connectivity index (χ0v) is 14.7. The minimum atomic E-state index is -0.184. The van der Waals surface area contributed by atoms with Gasteiger partial charge in [-0.15, -0.1) is 0 Å². The van der Waals surface area contributed by atoms with Gasteiger partial charge in [-0.25, -0.2) is 4.68 Å². The zero-order chi connectivity index (χ0) is 18.6. The van der Waals surface area contributed by atoms with Gasteiger partial charge in [-0.05, 0) is 36.8 Å². The molecule has 0 aromatic carbocycles. The summed E-state index contributed by atoms with van der Waals surface area (Å²) in [5.74, 6) is 2.04. The summed E-state index contributed by atoms with van der Waals surface area (Å²) in [6, 6.07) is 9.34. The van der Waals surface area contributed by atoms with E-state index in [-0.39, 0.29) is 12.5 Å². The van der Waals surface area contributed by atoms with Crippen LogP contribution in [0.1, 0.15) is 11.5 Å². The SMILES string of the molecule is Cc1ccc(Cn2nccc2NC(=O)Cn2cc(-c3ccncc3)cn2)o1. The molecular weight excluding hydrogens is 344 g/mol. The summed E-state index contributed by atoms with van der Waals surface area (Å²) in [6.07, 6.45) is 8.65. The number of furan rings is 1. The minimum absolute atomic E-state index is 0.107. The molecule has 0 saturated carbocycles. The summed E-state index contributed by atoms with van der Waals surface area (Å²) in [5, 5.41) is 11.4. The average Bonchev–Trinajstić information content (AvgIpc) is 3.39. The fraction of sp³-hybridized carbons (Fsp3) is 0.158. The van der Waals surface area contributed by atoms with Gasteiger partial charge < -0.3 is 9.73 Å². The maximum Gasteiger partial charge on any atom is 0.247 e. The summed E-state index contributed by atoms with van der Waals surface area (Å²) in [6.45, 7) is 2.44. The lowest BCUT2D eigenvalue weighted by Crippen LogP contribution is -2.21. The fourth-order valence-electron chi connectivity index (χ4n) is 2.76. The molecule has 4 rings (SSSR count). The Hall–Kier alpha value is -3.68. The van der Waals surface area contributed by atoms with E-state index in [1.165, 1.54) is 0 Å². The van der Waals surface area contributed by atoms with Gasteiger partial charge in [-0.2, -0.15) is 10.2 Å². The lowest BCUT2D eigenvalue weighted by Gasteiger charge is -2.08. The predicted molar refractivity (Wildman–Crippen MR) is 98.9 cm³/mol. The first-order chi connectivity index (χ1) is 13.2. The van der Waals surface area contributed by atoms with Crippen LogP contribution in [0.4, 0.5) is 5.82 Å². The topological polar surface area (TPSA) is 90.8 Å². The van der Waals surface area contributed by atoms with Gasteiger partial charge in [0.15, 0.2) is 0 Å². The van der Waals surface area contributed by atoms with Crippen LogP contribution in [0.3, 0.4) is 0 Å². The molecule has 0 aliphatic carbocycles. The van der Waals surface area contributed by atoms with Gasteiger partial charge in [0.1, 0.15) is 30.4 Å². The number of hydrogen-bond acceptors (Lipinski definition) is 5. The van der Waals surface area contributed by atoms with Crippen molar-refractivity contribution in [2.45, 2.75) is 20.0 Å². The standard InChI is InChI=1S/C19H18N6O2/c1-14-2-3-17(27-14)12-25-18(6-9-21-25)23-19(26)13-24-11-16(10-22-24)15-4-7-20-8-5-15/h2-11H,12-13H2,1H3,(H,23,26). The second-order valence-corrected chi connectivity index (χ2v) is 6.10. The van der Waals surface area contributed by atoms with E-state index in [4.69, 9.17) is 4.42 Å². The van der Waals surface area contributed by atoms with E-state index in [9.17, 15) is 4.79 Å². The van der Waals surface area contributed by atoms with Crippen molar-refractivity contribution in [3.05, 3.63) is 72.8 Å². The number of carbonyl (C=O) groups is 1. The van der Waals surface area contributed by atoms with Gasteiger partial charge in [-0.3, -0.25) is 14.5 Å². The fourth-order valence-corrected chi connectivity index (χ4v) is 2.76. The first-order valence-corrected chi connectivity index (χ1v) is 8.47. The third-order valence-corrected chi connectivity index (χ3v) is 4.04. The Kier molecular flexibility index (Phi) is 4.52. The Morgan fingerprint density at radius 1 is 1.07 bits per heavy atom. The van der Waals surface area contributed by atoms with Crippen LogP contribution in [0.25, 0.3) is 11.1 Å². The molecule has 4 aromatic heterocycles. The van der Waals surface area contributed by atoms with Gasteiger partial charge in [0.25, 0.3) is 0 Å². The molecule has 0 atom stereocenters. The summed E-state index contributed by atoms with van der Waals surface area (Å²) in [4.78, 5) is 16.4. The van der Waals surface area contributed by atoms with E-state index in [0.29, 0.717) is 12.4 Å². The van der Waals surface area contributed by atoms with E-state index in [2.05, 4.69) is 20.5 Å². The van der Waals surface area contributed by atoms with Crippen molar-refractivity contribution in [3.63, 3.8) is 0 Å². The van der Waals surface area contributed by atoms with Crippen LogP contribution in [0, 0.1) is 6.92 Å². The summed E-state index contributed by atoms with van der Waals surface area (Å²) in [7, 11) is 0. The molecule has 0 aliphatic rings. The highest BCUT2D eigenvalue weighted by Crippen LogP contribution is 2.17. The normalized spacial score (nSPS) is 10.9. The molecule has 0 fully saturated rings. The maximum absolute atomic E-state index is 12.4. The Bertz CT molecular complexity index is 1050. The summed E-state index contributed by atoms with van der Waals surface area (Å²) < 4.78 is 8.85. The average molecular weight is 362 g/mol. The van der Waals surface area contributed by atoms with Gasteiger partial charge in [0, 0.05) is 30.2 Å². The van der Waals surface area contributed by atoms with E-state index < -0.39 is 0 Å². The molecule has 1 amide bonds. The number of pyridine rings is 1. The first-order valence-electron chi connectivity index (χ1n) is 8.47. The molecular formula is C19H18N6O2. The number of nitrogens with one attached hydrogen (secondary N) is 1. The van der Waals surface area contributed by atoms with Crippen LogP contribution in [0.2, 0.25) is 0 Å². The van der Waals surface area contributed by atoms with E-state index in [1.54, 1.807) is 40.2 Å². The van der Waals surface area contributed by atoms with Crippen LogP contribution in [0.15, 0.2) is 65.7 Å². The molecule has 4 aromatic rings. The second kappa shape index (κ2) is 7.28. The summed E-state index contributed by atoms with van der Waals surface area (Å²) in [5.41, 5.74) is 1.94. The Morgan fingerprint density at radius 2 is 1.93 bits per heavy atom. The predicted octanol–water partition coefficient (Wildman–Crippen LogP) is 2.73. The Balaban J connectivity index is 1.40. The molecule has 0 unspecified atom stereocenters. The monoisotopic (exact) mass is 362 g/mol. The van der Waals surface area contributed by atoms with E-state index >= 15 is 0 Å². The Morgan fingerprint density at radius 3 is 2.70 bits per heavy atom. The molecule has 1 N–H and O–H groups in total. The number of amides is 1. The van der Waals surface area contributed by atoms with E-state index in [0.717, 1.165) is 22.6 Å². The van der Waals surface area contributed by atoms with Crippen molar-refractivity contribution in [3.8, 4) is 11.1 Å². The van der Waals surface area contributed by atoms with Crippen LogP contribution in [-0.4, -0.2) is 30.5 Å². The van der Waals surface area contributed by atoms with Crippen molar-refractivity contribution < 1.29 is 9.21 Å². The minimum Gasteiger partial charge on any atom is -0.464 e. The third kappa shape index (κ3) is 3.95. The van der Waals surface area contributed by atoms with E-state index in [1.807, 2.05) is 37.4 Å². The maximum atomic E-state index is 12.4. The highest BCUT2D eigenvalue weighted by Gasteiger charge is 2.11. The van der Waals surface area contributed by atoms with Crippen molar-refractivity contribution in [1.29, 1.82) is 0 Å². The molecule has 0 radical (unpaired) electrons. The number of aryl methyl sites for hydroxylation is 1. The number of anilines is 1. The van der Waals surface area contributed by atoms with Crippen molar-refractivity contribution in [1.82, 2.24) is 24.5 Å². The van der Waals surface area contributed by atoms with Crippen molar-refractivity contribution >= 4 is 11.7 Å². The number of aromatic nitrogens is 5. The molecule has 8 heteroatoms. The Labute approximate surface area is 155 Å². The second-order valence-electron chi connectivity index (χ2n) is 6.10. The molecule has 0 saturated heterocycles. The molecule has 136 valence electrons. The van der Waals surface area contributed by atoms with Crippen molar-refractivity contribution in [2.75, 3.05) is 5.32 Å². The number of hydrogen-bond donors (Lipinski definition) is 1. The molecule has 0 spiro atoms.